The van der Waals surface area contributed by atoms with E-state index in [4.69, 9.17) is 14.2 Å². The molecule has 2 aromatic carbocycles. The van der Waals surface area contributed by atoms with Crippen LogP contribution in [0.15, 0.2) is 47.7 Å². The maximum absolute atomic E-state index is 13.7. The van der Waals surface area contributed by atoms with Gasteiger partial charge in [-0.15, -0.1) is 0 Å². The Morgan fingerprint density at radius 1 is 1.18 bits per heavy atom. The zero-order chi connectivity index (χ0) is 23.3. The number of anilines is 2. The Kier molecular flexibility index (Phi) is 4.92. The molecule has 10 nitrogen and oxygen atoms in total. The fraction of sp³-hybridized carbons (Fsp3) is 0.304. The molecule has 0 spiro atoms. The van der Waals surface area contributed by atoms with Crippen molar-refractivity contribution < 1.29 is 28.7 Å². The van der Waals surface area contributed by atoms with Gasteiger partial charge in [-0.1, -0.05) is 19.1 Å². The molecule has 0 saturated carbocycles. The van der Waals surface area contributed by atoms with Crippen molar-refractivity contribution in [2.24, 2.45) is 11.8 Å². The molecule has 0 amide bonds. The second kappa shape index (κ2) is 7.80. The fourth-order valence-corrected chi connectivity index (χ4v) is 4.70. The number of esters is 1. The van der Waals surface area contributed by atoms with Gasteiger partial charge >= 0.3 is 5.97 Å². The minimum Gasteiger partial charge on any atom is -0.468 e. The van der Waals surface area contributed by atoms with Crippen LogP contribution in [0.3, 0.4) is 0 Å². The largest absolute Gasteiger partial charge is 0.468 e. The molecule has 10 heteroatoms. The van der Waals surface area contributed by atoms with Crippen molar-refractivity contribution in [3.05, 3.63) is 63.3 Å². The summed E-state index contributed by atoms with van der Waals surface area (Å²) in [5.41, 5.74) is 2.29. The highest BCUT2D eigenvalue weighted by Crippen LogP contribution is 2.48. The molecule has 2 aliphatic heterocycles. The van der Waals surface area contributed by atoms with Crippen LogP contribution in [0.25, 0.3) is 0 Å². The number of para-hydroxylation sites is 2. The van der Waals surface area contributed by atoms with E-state index < -0.39 is 28.6 Å². The topological polar surface area (TPSA) is 129 Å². The van der Waals surface area contributed by atoms with Gasteiger partial charge in [0.1, 0.15) is 5.92 Å². The Morgan fingerprint density at radius 2 is 1.88 bits per heavy atom. The Morgan fingerprint density at radius 3 is 2.58 bits per heavy atom. The standard InChI is InChI=1S/C23H21N3O7/c1-11-7-15-20(22(27)19(11)23(28)31-2)21(25-14-6-4-3-5-13(14)24-15)12-8-17-18(33-10-32-17)9-16(12)26(29)30/h3-6,8-9,11,19,21,24-25H,7,10H2,1-2H3/t11-,19+,21+/m0/s1. The van der Waals surface area contributed by atoms with E-state index in [-0.39, 0.29) is 35.3 Å². The first-order valence-electron chi connectivity index (χ1n) is 10.4. The molecule has 5 rings (SSSR count). The van der Waals surface area contributed by atoms with E-state index in [2.05, 4.69) is 10.6 Å². The third-order valence-corrected chi connectivity index (χ3v) is 6.25. The number of methoxy groups -OCH3 is 1. The zero-order valence-corrected chi connectivity index (χ0v) is 17.9. The third-order valence-electron chi connectivity index (χ3n) is 6.25. The maximum atomic E-state index is 13.7. The number of rotatable bonds is 3. The molecule has 0 saturated heterocycles. The normalized spacial score (nSPS) is 23.0. The highest BCUT2D eigenvalue weighted by molar-refractivity contribution is 6.11. The number of hydrogen-bond acceptors (Lipinski definition) is 9. The molecule has 0 aromatic heterocycles. The molecule has 3 aliphatic rings. The van der Waals surface area contributed by atoms with Crippen LogP contribution in [-0.4, -0.2) is 30.6 Å². The molecule has 33 heavy (non-hydrogen) atoms. The molecule has 2 aromatic rings. The molecule has 1 aliphatic carbocycles. The third kappa shape index (κ3) is 3.34. The van der Waals surface area contributed by atoms with Gasteiger partial charge in [-0.3, -0.25) is 19.7 Å². The van der Waals surface area contributed by atoms with Crippen molar-refractivity contribution in [1.82, 2.24) is 0 Å². The Hall–Kier alpha value is -4.08. The van der Waals surface area contributed by atoms with Crippen molar-refractivity contribution >= 4 is 28.8 Å². The van der Waals surface area contributed by atoms with E-state index in [0.717, 1.165) is 5.69 Å². The lowest BCUT2D eigenvalue weighted by molar-refractivity contribution is -0.385. The Balaban J connectivity index is 1.73. The highest BCUT2D eigenvalue weighted by Gasteiger charge is 2.45. The van der Waals surface area contributed by atoms with Gasteiger partial charge in [-0.2, -0.15) is 0 Å². The number of nitro benzene ring substituents is 1. The fourth-order valence-electron chi connectivity index (χ4n) is 4.70. The average molecular weight is 451 g/mol. The second-order valence-corrected chi connectivity index (χ2v) is 8.21. The number of nitro groups is 1. The van der Waals surface area contributed by atoms with E-state index in [1.807, 2.05) is 31.2 Å². The SMILES string of the molecule is COC(=O)[C@H]1C(=O)C2=C(C[C@@H]1C)Nc1ccccc1N[C@@H]2c1cc2c(cc1[N+](=O)[O-])OCO2. The summed E-state index contributed by atoms with van der Waals surface area (Å²) in [5.74, 6) is -1.75. The lowest BCUT2D eigenvalue weighted by atomic mass is 9.74. The summed E-state index contributed by atoms with van der Waals surface area (Å²) in [7, 11) is 1.24. The van der Waals surface area contributed by atoms with Crippen molar-refractivity contribution in [2.45, 2.75) is 19.4 Å². The van der Waals surface area contributed by atoms with Crippen molar-refractivity contribution in [3.63, 3.8) is 0 Å². The minimum absolute atomic E-state index is 0.0484. The molecule has 0 bridgehead atoms. The molecule has 0 fully saturated rings. The van der Waals surface area contributed by atoms with E-state index in [1.54, 1.807) is 0 Å². The van der Waals surface area contributed by atoms with Gasteiger partial charge in [0.25, 0.3) is 5.69 Å². The number of carbonyl (C=O) groups excluding carboxylic acids is 2. The van der Waals surface area contributed by atoms with Crippen molar-refractivity contribution in [1.29, 1.82) is 0 Å². The minimum atomic E-state index is -1.01. The van der Waals surface area contributed by atoms with E-state index in [1.165, 1.54) is 19.2 Å². The summed E-state index contributed by atoms with van der Waals surface area (Å²) >= 11 is 0. The van der Waals surface area contributed by atoms with Crippen LogP contribution >= 0.6 is 0 Å². The summed E-state index contributed by atoms with van der Waals surface area (Å²) in [6.07, 6.45) is 0.395. The van der Waals surface area contributed by atoms with E-state index >= 15 is 0 Å². The predicted octanol–water partition coefficient (Wildman–Crippen LogP) is 3.55. The van der Waals surface area contributed by atoms with Gasteiger partial charge in [-0.05, 0) is 30.5 Å². The summed E-state index contributed by atoms with van der Waals surface area (Å²) in [6, 6.07) is 9.27. The van der Waals surface area contributed by atoms with Gasteiger partial charge in [0.2, 0.25) is 6.79 Å². The van der Waals surface area contributed by atoms with Gasteiger partial charge < -0.3 is 24.8 Å². The number of carbonyl (C=O) groups is 2. The molecule has 2 heterocycles. The van der Waals surface area contributed by atoms with Crippen LogP contribution in [0.1, 0.15) is 24.9 Å². The molecule has 0 unspecified atom stereocenters. The quantitative estimate of drug-likeness (QED) is 0.311. The van der Waals surface area contributed by atoms with Gasteiger partial charge in [0.15, 0.2) is 17.3 Å². The maximum Gasteiger partial charge on any atom is 0.316 e. The van der Waals surface area contributed by atoms with E-state index in [9.17, 15) is 19.7 Å². The number of nitrogens with one attached hydrogen (secondary N) is 2. The van der Waals surface area contributed by atoms with Crippen LogP contribution in [0.5, 0.6) is 11.5 Å². The van der Waals surface area contributed by atoms with Gasteiger partial charge in [0.05, 0.1) is 41.1 Å². The number of nitrogens with zero attached hydrogens (tertiary/aromatic N) is 1. The molecular formula is C23H21N3O7. The number of allylic oxidation sites excluding steroid dienone is 1. The molecule has 2 N–H and O–H groups in total. The monoisotopic (exact) mass is 451 g/mol. The van der Waals surface area contributed by atoms with Gasteiger partial charge in [-0.25, -0.2) is 0 Å². The lowest BCUT2D eigenvalue weighted by Gasteiger charge is -2.32. The number of fused-ring (bicyclic) bond motifs is 2. The van der Waals surface area contributed by atoms with Crippen molar-refractivity contribution in [2.75, 3.05) is 24.5 Å². The van der Waals surface area contributed by atoms with Crippen LogP contribution in [0, 0.1) is 22.0 Å². The summed E-state index contributed by atoms with van der Waals surface area (Å²) in [6.45, 7) is 1.76. The first-order valence-corrected chi connectivity index (χ1v) is 10.4. The van der Waals surface area contributed by atoms with Crippen LogP contribution in [0.2, 0.25) is 0 Å². The van der Waals surface area contributed by atoms with Gasteiger partial charge in [0, 0.05) is 11.3 Å². The number of ketones is 1. The Bertz CT molecular complexity index is 1220. The zero-order valence-electron chi connectivity index (χ0n) is 17.9. The van der Waals surface area contributed by atoms with E-state index in [0.29, 0.717) is 23.6 Å². The van der Waals surface area contributed by atoms with Crippen LogP contribution in [-0.2, 0) is 14.3 Å². The number of hydrogen-bond donors (Lipinski definition) is 2. The second-order valence-electron chi connectivity index (χ2n) is 8.21. The lowest BCUT2D eigenvalue weighted by Crippen LogP contribution is -2.39. The summed E-state index contributed by atoms with van der Waals surface area (Å²) in [5, 5.41) is 18.6. The molecule has 170 valence electrons. The number of benzene rings is 2. The number of Topliss-reactive ketones (excluding diaryl/α,β-unsaturated/α-hetero) is 1. The van der Waals surface area contributed by atoms with Crippen molar-refractivity contribution in [3.8, 4) is 11.5 Å². The molecular weight excluding hydrogens is 430 g/mol. The molecule has 0 radical (unpaired) electrons. The van der Waals surface area contributed by atoms with Crippen LogP contribution < -0.4 is 20.1 Å². The van der Waals surface area contributed by atoms with Crippen LogP contribution in [0.4, 0.5) is 17.1 Å². The molecule has 3 atom stereocenters. The predicted molar refractivity (Wildman–Crippen MR) is 117 cm³/mol. The number of ether oxygens (including phenoxy) is 3. The smallest absolute Gasteiger partial charge is 0.316 e. The summed E-state index contributed by atoms with van der Waals surface area (Å²) < 4.78 is 15.7. The summed E-state index contributed by atoms with van der Waals surface area (Å²) in [4.78, 5) is 37.7. The Labute approximate surface area is 188 Å². The first-order chi connectivity index (χ1) is 15.9. The average Bonchev–Trinajstić information content (AvgIpc) is 3.18. The highest BCUT2D eigenvalue weighted by atomic mass is 16.7. The first kappa shape index (κ1) is 20.8.